The SMILES string of the molecule is O=C(Cn1cnnn1)N1CCCC1c1ccccc1Br. The Bertz CT molecular complexity index is 601. The normalized spacial score (nSPS) is 18.4. The molecule has 0 spiro atoms. The zero-order valence-corrected chi connectivity index (χ0v) is 12.4. The summed E-state index contributed by atoms with van der Waals surface area (Å²) in [7, 11) is 0. The number of rotatable bonds is 3. The van der Waals surface area contributed by atoms with Crippen LogP contribution in [0.5, 0.6) is 0 Å². The molecular formula is C13H14BrN5O. The number of benzene rings is 1. The maximum Gasteiger partial charge on any atom is 0.244 e. The van der Waals surface area contributed by atoms with Crippen LogP contribution in [0.3, 0.4) is 0 Å². The van der Waals surface area contributed by atoms with E-state index >= 15 is 0 Å². The van der Waals surface area contributed by atoms with Gasteiger partial charge in [-0.1, -0.05) is 34.1 Å². The zero-order chi connectivity index (χ0) is 13.9. The lowest BCUT2D eigenvalue weighted by molar-refractivity contribution is -0.133. The lowest BCUT2D eigenvalue weighted by Gasteiger charge is -2.25. The fourth-order valence-corrected chi connectivity index (χ4v) is 3.17. The Balaban J connectivity index is 1.79. The van der Waals surface area contributed by atoms with Crippen molar-refractivity contribution in [2.24, 2.45) is 0 Å². The number of carbonyl (C=O) groups is 1. The van der Waals surface area contributed by atoms with E-state index in [4.69, 9.17) is 0 Å². The molecule has 0 radical (unpaired) electrons. The molecule has 2 aromatic rings. The molecule has 0 N–H and O–H groups in total. The van der Waals surface area contributed by atoms with Crippen molar-refractivity contribution in [1.29, 1.82) is 0 Å². The maximum absolute atomic E-state index is 12.4. The lowest BCUT2D eigenvalue weighted by Crippen LogP contribution is -2.33. The molecule has 2 heterocycles. The van der Waals surface area contributed by atoms with E-state index in [9.17, 15) is 4.79 Å². The molecule has 1 aromatic carbocycles. The Hall–Kier alpha value is -1.76. The number of likely N-dealkylation sites (tertiary alicyclic amines) is 1. The van der Waals surface area contributed by atoms with Gasteiger partial charge in [-0.2, -0.15) is 0 Å². The number of amides is 1. The third-order valence-electron chi connectivity index (χ3n) is 3.53. The lowest BCUT2D eigenvalue weighted by atomic mass is 10.0. The maximum atomic E-state index is 12.4. The molecule has 104 valence electrons. The van der Waals surface area contributed by atoms with Gasteiger partial charge in [0, 0.05) is 11.0 Å². The van der Waals surface area contributed by atoms with E-state index in [0.717, 1.165) is 29.4 Å². The number of carbonyl (C=O) groups excluding carboxylic acids is 1. The van der Waals surface area contributed by atoms with Crippen LogP contribution in [0.4, 0.5) is 0 Å². The average molecular weight is 336 g/mol. The van der Waals surface area contributed by atoms with E-state index in [1.807, 2.05) is 23.1 Å². The number of halogens is 1. The number of nitrogens with zero attached hydrogens (tertiary/aromatic N) is 5. The van der Waals surface area contributed by atoms with Crippen molar-refractivity contribution in [2.45, 2.75) is 25.4 Å². The van der Waals surface area contributed by atoms with Crippen LogP contribution in [0, 0.1) is 0 Å². The summed E-state index contributed by atoms with van der Waals surface area (Å²) in [4.78, 5) is 14.3. The van der Waals surface area contributed by atoms with Gasteiger partial charge in [0.05, 0.1) is 6.04 Å². The molecule has 6 nitrogen and oxygen atoms in total. The van der Waals surface area contributed by atoms with Crippen molar-refractivity contribution >= 4 is 21.8 Å². The Morgan fingerprint density at radius 1 is 1.40 bits per heavy atom. The van der Waals surface area contributed by atoms with Gasteiger partial charge < -0.3 is 4.90 Å². The fraction of sp³-hybridized carbons (Fsp3) is 0.385. The minimum absolute atomic E-state index is 0.0514. The Morgan fingerprint density at radius 3 is 3.00 bits per heavy atom. The largest absolute Gasteiger partial charge is 0.334 e. The van der Waals surface area contributed by atoms with Gasteiger partial charge in [0.15, 0.2) is 0 Å². The number of tetrazole rings is 1. The highest BCUT2D eigenvalue weighted by Crippen LogP contribution is 2.35. The first-order valence-corrected chi connectivity index (χ1v) is 7.29. The molecule has 20 heavy (non-hydrogen) atoms. The molecule has 1 fully saturated rings. The second-order valence-electron chi connectivity index (χ2n) is 4.77. The third-order valence-corrected chi connectivity index (χ3v) is 4.25. The average Bonchev–Trinajstić information content (AvgIpc) is 3.09. The van der Waals surface area contributed by atoms with Crippen LogP contribution in [0.2, 0.25) is 0 Å². The molecule has 1 amide bonds. The Kier molecular flexibility index (Phi) is 3.77. The molecule has 0 aliphatic carbocycles. The van der Waals surface area contributed by atoms with Gasteiger partial charge in [-0.15, -0.1) is 5.10 Å². The van der Waals surface area contributed by atoms with Gasteiger partial charge in [-0.05, 0) is 34.9 Å². The van der Waals surface area contributed by atoms with Crippen molar-refractivity contribution in [3.8, 4) is 0 Å². The van der Waals surface area contributed by atoms with Crippen LogP contribution >= 0.6 is 15.9 Å². The summed E-state index contributed by atoms with van der Waals surface area (Å²) in [6, 6.07) is 8.20. The summed E-state index contributed by atoms with van der Waals surface area (Å²) in [6.45, 7) is 0.973. The molecule has 1 aliphatic rings. The smallest absolute Gasteiger partial charge is 0.244 e. The van der Waals surface area contributed by atoms with Crippen molar-refractivity contribution in [2.75, 3.05) is 6.54 Å². The predicted octanol–water partition coefficient (Wildman–Crippen LogP) is 1.80. The first-order chi connectivity index (χ1) is 9.75. The standard InChI is InChI=1S/C13H14BrN5O/c14-11-5-2-1-4-10(11)12-6-3-7-19(12)13(20)8-18-9-15-16-17-18/h1-2,4-5,9,12H,3,6-8H2. The van der Waals surface area contributed by atoms with Crippen molar-refractivity contribution in [3.63, 3.8) is 0 Å². The Morgan fingerprint density at radius 2 is 2.25 bits per heavy atom. The van der Waals surface area contributed by atoms with Gasteiger partial charge in [0.2, 0.25) is 5.91 Å². The van der Waals surface area contributed by atoms with Gasteiger partial charge in [-0.25, -0.2) is 4.68 Å². The van der Waals surface area contributed by atoms with Crippen LogP contribution in [-0.4, -0.2) is 37.6 Å². The highest BCUT2D eigenvalue weighted by atomic mass is 79.9. The van der Waals surface area contributed by atoms with E-state index in [0.29, 0.717) is 0 Å². The summed E-state index contributed by atoms with van der Waals surface area (Å²) in [5.74, 6) is 0.0514. The summed E-state index contributed by atoms with van der Waals surface area (Å²) in [5, 5.41) is 10.8. The summed E-state index contributed by atoms with van der Waals surface area (Å²) < 4.78 is 2.50. The molecule has 1 aromatic heterocycles. The van der Waals surface area contributed by atoms with E-state index < -0.39 is 0 Å². The first-order valence-electron chi connectivity index (χ1n) is 6.50. The monoisotopic (exact) mass is 335 g/mol. The minimum Gasteiger partial charge on any atom is -0.334 e. The first kappa shape index (κ1) is 13.2. The molecule has 1 unspecified atom stereocenters. The fourth-order valence-electron chi connectivity index (χ4n) is 2.62. The van der Waals surface area contributed by atoms with Gasteiger partial charge in [0.25, 0.3) is 0 Å². The number of aromatic nitrogens is 4. The van der Waals surface area contributed by atoms with Crippen LogP contribution in [0.15, 0.2) is 35.1 Å². The third kappa shape index (κ3) is 2.58. The minimum atomic E-state index is 0.0514. The van der Waals surface area contributed by atoms with E-state index in [1.165, 1.54) is 11.0 Å². The van der Waals surface area contributed by atoms with E-state index in [1.54, 1.807) is 0 Å². The van der Waals surface area contributed by atoms with Crippen molar-refractivity contribution in [1.82, 2.24) is 25.1 Å². The van der Waals surface area contributed by atoms with Gasteiger partial charge in [0.1, 0.15) is 12.9 Å². The highest BCUT2D eigenvalue weighted by Gasteiger charge is 2.31. The Labute approximate surface area is 124 Å². The van der Waals surface area contributed by atoms with Crippen LogP contribution in [0.25, 0.3) is 0 Å². The summed E-state index contributed by atoms with van der Waals surface area (Å²) in [5.41, 5.74) is 1.16. The van der Waals surface area contributed by atoms with Crippen molar-refractivity contribution < 1.29 is 4.79 Å². The number of hydrogen-bond acceptors (Lipinski definition) is 4. The van der Waals surface area contributed by atoms with Gasteiger partial charge >= 0.3 is 0 Å². The van der Waals surface area contributed by atoms with Crippen LogP contribution in [-0.2, 0) is 11.3 Å². The van der Waals surface area contributed by atoms with Crippen LogP contribution < -0.4 is 0 Å². The molecule has 7 heteroatoms. The molecule has 1 aliphatic heterocycles. The predicted molar refractivity (Wildman–Crippen MR) is 75.6 cm³/mol. The van der Waals surface area contributed by atoms with Gasteiger partial charge in [-0.3, -0.25) is 4.79 Å². The van der Waals surface area contributed by atoms with Crippen molar-refractivity contribution in [3.05, 3.63) is 40.6 Å². The highest BCUT2D eigenvalue weighted by molar-refractivity contribution is 9.10. The molecule has 0 saturated carbocycles. The van der Waals surface area contributed by atoms with E-state index in [2.05, 4.69) is 37.5 Å². The molecule has 0 bridgehead atoms. The molecule has 3 rings (SSSR count). The quantitative estimate of drug-likeness (QED) is 0.857. The summed E-state index contributed by atoms with van der Waals surface area (Å²) >= 11 is 3.57. The molecule has 1 atom stereocenters. The summed E-state index contributed by atoms with van der Waals surface area (Å²) in [6.07, 6.45) is 3.47. The molecule has 1 saturated heterocycles. The zero-order valence-electron chi connectivity index (χ0n) is 10.8. The van der Waals surface area contributed by atoms with Crippen LogP contribution in [0.1, 0.15) is 24.4 Å². The second kappa shape index (κ2) is 5.70. The molecular weight excluding hydrogens is 322 g/mol. The van der Waals surface area contributed by atoms with E-state index in [-0.39, 0.29) is 18.5 Å². The topological polar surface area (TPSA) is 63.9 Å². The second-order valence-corrected chi connectivity index (χ2v) is 5.63. The number of hydrogen-bond donors (Lipinski definition) is 0.